The minimum Gasteiger partial charge on any atom is -0.542 e. The van der Waals surface area contributed by atoms with Gasteiger partial charge in [0.1, 0.15) is 24.0 Å². The van der Waals surface area contributed by atoms with Crippen molar-refractivity contribution < 1.29 is 71.5 Å². The molecule has 1 aromatic rings. The van der Waals surface area contributed by atoms with Crippen molar-refractivity contribution in [2.24, 2.45) is 5.92 Å². The Bertz CT molecular complexity index is 1160. The van der Waals surface area contributed by atoms with Crippen molar-refractivity contribution in [2.45, 2.75) is 69.5 Å². The Labute approximate surface area is 285 Å². The number of amides is 1. The predicted molar refractivity (Wildman–Crippen MR) is 165 cm³/mol. The highest BCUT2D eigenvalue weighted by molar-refractivity contribution is 7.98. The van der Waals surface area contributed by atoms with E-state index >= 15 is 0 Å². The van der Waals surface area contributed by atoms with E-state index in [4.69, 9.17) is 24.5 Å². The van der Waals surface area contributed by atoms with Gasteiger partial charge in [-0.1, -0.05) is 44.2 Å². The van der Waals surface area contributed by atoms with Gasteiger partial charge >= 0.3 is 24.2 Å². The van der Waals surface area contributed by atoms with Crippen molar-refractivity contribution in [3.05, 3.63) is 47.5 Å². The Morgan fingerprint density at radius 1 is 1.08 bits per heavy atom. The summed E-state index contributed by atoms with van der Waals surface area (Å²) in [6.07, 6.45) is -1.87. The third kappa shape index (κ3) is 18.1. The molecule has 48 heavy (non-hydrogen) atoms. The summed E-state index contributed by atoms with van der Waals surface area (Å²) in [5.41, 5.74) is 6.70. The summed E-state index contributed by atoms with van der Waals surface area (Å²) < 4.78 is 68.1. The number of carboxylic acids is 2. The molecular weight excluding hydrogens is 692 g/mol. The van der Waals surface area contributed by atoms with E-state index in [1.54, 1.807) is 17.1 Å². The summed E-state index contributed by atoms with van der Waals surface area (Å²) in [5, 5.41) is 19.2. The highest BCUT2D eigenvalue weighted by atomic mass is 32.2. The summed E-state index contributed by atoms with van der Waals surface area (Å²) in [4.78, 5) is 45.4. The number of primary amides is 1. The minimum atomic E-state index is -5.19. The highest BCUT2D eigenvalue weighted by Crippen LogP contribution is 2.27. The molecule has 274 valence electrons. The van der Waals surface area contributed by atoms with Gasteiger partial charge in [-0.05, 0) is 53.9 Å². The first-order valence-corrected chi connectivity index (χ1v) is 16.7. The zero-order valence-electron chi connectivity index (χ0n) is 27.0. The predicted octanol–water partition coefficient (Wildman–Crippen LogP) is 0.121. The van der Waals surface area contributed by atoms with Crippen LogP contribution in [0.15, 0.2) is 36.4 Å². The molecule has 0 radical (unpaired) electrons. The first-order chi connectivity index (χ1) is 22.2. The van der Waals surface area contributed by atoms with E-state index in [1.807, 2.05) is 6.26 Å². The van der Waals surface area contributed by atoms with Gasteiger partial charge in [0.25, 0.3) is 0 Å². The summed E-state index contributed by atoms with van der Waals surface area (Å²) in [7, 11) is 1.39. The smallest absolute Gasteiger partial charge is 0.430 e. The van der Waals surface area contributed by atoms with Crippen LogP contribution < -0.4 is 21.3 Å². The molecule has 5 N–H and O–H groups in total. The molecule has 1 aromatic carbocycles. The van der Waals surface area contributed by atoms with E-state index in [9.17, 15) is 35.9 Å². The number of hydrogen-bond acceptors (Lipinski definition) is 10. The van der Waals surface area contributed by atoms with Gasteiger partial charge in [0, 0.05) is 25.3 Å². The molecule has 1 fully saturated rings. The minimum absolute atomic E-state index is 0.0305. The normalized spacial score (nSPS) is 17.9. The molecule has 0 unspecified atom stereocenters. The molecule has 1 heterocycles. The van der Waals surface area contributed by atoms with Crippen molar-refractivity contribution in [3.63, 3.8) is 0 Å². The fourth-order valence-corrected chi connectivity index (χ4v) is 5.05. The van der Waals surface area contributed by atoms with Crippen molar-refractivity contribution >= 4 is 48.2 Å². The Morgan fingerprint density at radius 2 is 1.60 bits per heavy atom. The molecule has 0 bridgehead atoms. The maximum atomic E-state index is 13.4. The average Bonchev–Trinajstić information content (AvgIpc) is 3.40. The third-order valence-electron chi connectivity index (χ3n) is 6.94. The number of halogens is 6. The molecule has 1 amide bonds. The van der Waals surface area contributed by atoms with Gasteiger partial charge in [-0.3, -0.25) is 10.2 Å². The average molecular weight is 736 g/mol. The molecule has 0 aromatic heterocycles. The van der Waals surface area contributed by atoms with Crippen LogP contribution in [0.4, 0.5) is 26.3 Å². The van der Waals surface area contributed by atoms with Gasteiger partial charge in [0.2, 0.25) is 0 Å². The van der Waals surface area contributed by atoms with E-state index < -0.39 is 30.3 Å². The van der Waals surface area contributed by atoms with Crippen LogP contribution in [0.25, 0.3) is 0 Å². The van der Waals surface area contributed by atoms with Crippen LogP contribution in [0.5, 0.6) is 0 Å². The molecule has 0 aliphatic carbocycles. The van der Waals surface area contributed by atoms with Gasteiger partial charge in [0.05, 0.1) is 7.11 Å². The van der Waals surface area contributed by atoms with Crippen LogP contribution in [-0.2, 0) is 30.3 Å². The number of carboxylic acid groups (broad SMARTS) is 2. The number of quaternary nitrogens is 2. The van der Waals surface area contributed by atoms with E-state index in [0.29, 0.717) is 30.6 Å². The first-order valence-electron chi connectivity index (χ1n) is 14.6. The maximum Gasteiger partial charge on any atom is 0.430 e. The van der Waals surface area contributed by atoms with Crippen LogP contribution in [0.3, 0.4) is 0 Å². The monoisotopic (exact) mass is 735 g/mol. The third-order valence-corrected chi connectivity index (χ3v) is 8.05. The zero-order chi connectivity index (χ0) is 37.2. The number of aliphatic carboxylic acids is 2. The van der Waals surface area contributed by atoms with Crippen LogP contribution in [0.1, 0.15) is 43.7 Å². The first kappa shape index (κ1) is 45.2. The largest absolute Gasteiger partial charge is 0.542 e. The molecule has 10 nitrogen and oxygen atoms in total. The van der Waals surface area contributed by atoms with E-state index in [2.05, 4.69) is 73.5 Å². The van der Waals surface area contributed by atoms with Crippen LogP contribution in [0, 0.1) is 5.92 Å². The number of nitrogens with zero attached hydrogens (tertiary/aromatic N) is 1. The number of thiol groups is 1. The Kier molecular flexibility index (Phi) is 20.7. The number of carbonyl (C=O) groups is 4. The van der Waals surface area contributed by atoms with Crippen molar-refractivity contribution in [1.82, 2.24) is 4.90 Å². The molecule has 1 saturated heterocycles. The summed E-state index contributed by atoms with van der Waals surface area (Å²) in [5.74, 6) is -3.90. The fourth-order valence-electron chi connectivity index (χ4n) is 4.44. The number of thioether (sulfide) groups is 1. The van der Waals surface area contributed by atoms with Crippen LogP contribution >= 0.6 is 24.4 Å². The van der Waals surface area contributed by atoms with E-state index in [-0.39, 0.29) is 24.0 Å². The van der Waals surface area contributed by atoms with Crippen molar-refractivity contribution in [3.8, 4) is 0 Å². The zero-order valence-corrected chi connectivity index (χ0v) is 28.7. The van der Waals surface area contributed by atoms with Gasteiger partial charge in [0.15, 0.2) is 6.04 Å². The molecule has 1 aliphatic rings. The lowest BCUT2D eigenvalue weighted by Gasteiger charge is -2.21. The topological polar surface area (TPSA) is 171 Å². The van der Waals surface area contributed by atoms with E-state index in [1.165, 1.54) is 18.2 Å². The lowest BCUT2D eigenvalue weighted by atomic mass is 9.94. The molecule has 18 heteroatoms. The fraction of sp³-hybridized carbons (Fsp3) is 0.600. The second-order valence-electron chi connectivity index (χ2n) is 11.1. The number of methoxy groups -OCH3 is 1. The Hall–Kier alpha value is -2.80. The molecule has 2 rings (SSSR count). The standard InChI is InChI=1S/C26H41N3O3S2.2C2HF3O2/c1-18(2)21-9-7-19(8-10-21)14-20-15-24(29(16-20)12-5-6-22(27)17-33)25(30)28-23(11-13-34-4)26(31)32-3;2*3-2(4,5)1(6)7/h5-10,18,20,22-24,33H,11-17,27H2,1-4H3,(H,28,30);2*(H,6,7)/b6-5+;;/t20-,22+,23-,24-;;/m0../s1. The number of rotatable bonds is 13. The van der Waals surface area contributed by atoms with Gasteiger partial charge < -0.3 is 30.3 Å². The number of benzene rings is 1. The summed E-state index contributed by atoms with van der Waals surface area (Å²) >= 11 is 5.97. The molecule has 0 spiro atoms. The van der Waals surface area contributed by atoms with Gasteiger partial charge in [-0.25, -0.2) is 9.59 Å². The maximum absolute atomic E-state index is 13.4. The van der Waals surface area contributed by atoms with Crippen LogP contribution in [0.2, 0.25) is 0 Å². The number of nitrogens with two attached hydrogens (primary N) is 1. The molecule has 4 atom stereocenters. The number of esters is 1. The SMILES string of the molecule is COC(=O)[C@H](CCSC)[NH2+]C(=O)[C@@H]1C[C@H](Cc2ccc(C(C)C)cc2)CN1C/C=C/[C@@H]([NH3+])CS.O=C([O-])C(F)(F)F.O=C([O-])C(F)(F)F. The van der Waals surface area contributed by atoms with E-state index in [0.717, 1.165) is 25.1 Å². The number of carbonyl (C=O) groups excluding carboxylic acids is 4. The summed E-state index contributed by atoms with van der Waals surface area (Å²) in [6.45, 7) is 5.96. The Balaban J connectivity index is 0.00000131. The number of ether oxygens (including phenoxy) is 1. The lowest BCUT2D eigenvalue weighted by Crippen LogP contribution is -2.97. The molecule has 0 saturated carbocycles. The number of likely N-dealkylation sites (tertiary alicyclic amines) is 1. The molecule has 1 aliphatic heterocycles. The van der Waals surface area contributed by atoms with Crippen molar-refractivity contribution in [1.29, 1.82) is 0 Å². The Morgan fingerprint density at radius 3 is 2.02 bits per heavy atom. The molecular formula is C30H43F6N3O7S2. The lowest BCUT2D eigenvalue weighted by molar-refractivity contribution is -0.596. The second-order valence-corrected chi connectivity index (χ2v) is 12.4. The van der Waals surface area contributed by atoms with Gasteiger partial charge in [-0.15, -0.1) is 0 Å². The van der Waals surface area contributed by atoms with Crippen molar-refractivity contribution in [2.75, 3.05) is 38.0 Å². The van der Waals surface area contributed by atoms with Crippen LogP contribution in [-0.4, -0.2) is 97.2 Å². The van der Waals surface area contributed by atoms with Gasteiger partial charge in [-0.2, -0.15) is 50.7 Å². The quantitative estimate of drug-likeness (QED) is 0.110. The summed E-state index contributed by atoms with van der Waals surface area (Å²) in [6, 6.07) is 8.31. The number of alkyl halides is 6. The second kappa shape index (κ2) is 22.0. The number of hydrogen-bond donors (Lipinski definition) is 3. The highest BCUT2D eigenvalue weighted by Gasteiger charge is 2.40.